The molecule has 1 heterocycles. The van der Waals surface area contributed by atoms with E-state index < -0.39 is 0 Å². The standard InChI is InChI=1S/C84H114N6O24/c1-91-19-25-97-31-37-103-43-49-109-79-13-7-73-55-67(79)61-85-74-8-14-80(110-50-44-104-38-32-98-26-20-92-2)68(56-74)63-87-76-10-16-82(112-52-46-106-40-34-100-28-22-94-4)70(58-76)65-89-78-12-18-84(114-54-48-108-42-36-102-30-24-96-6)72(60-78)66-90-77-11-17-83(113-53-47-107-41-35-101-29-23-95-5)71(59-77)64-88-75-9-15-81(69(57-75)62-86-73)111-51-45-105-39-33-99-27-21-93-3/h7-18,55-66H,19-54H2,1-6H3. The Morgan fingerprint density at radius 1 is 0.158 bits per heavy atom. The summed E-state index contributed by atoms with van der Waals surface area (Å²) in [6, 6.07) is 33.6. The Morgan fingerprint density at radius 2 is 0.281 bits per heavy atom. The van der Waals surface area contributed by atoms with Crippen molar-refractivity contribution in [1.29, 1.82) is 0 Å². The Labute approximate surface area is 667 Å². The van der Waals surface area contributed by atoms with Crippen LogP contribution in [-0.2, 0) is 85.3 Å². The minimum atomic E-state index is 0.234. The van der Waals surface area contributed by atoms with Crippen LogP contribution in [0.3, 0.4) is 0 Å². The fourth-order valence-electron chi connectivity index (χ4n) is 10.0. The summed E-state index contributed by atoms with van der Waals surface area (Å²) in [6.45, 7) is 13.7. The highest BCUT2D eigenvalue weighted by Crippen LogP contribution is 2.28. The molecule has 0 amide bonds. The summed E-state index contributed by atoms with van der Waals surface area (Å²) in [5.74, 6) is 3.23. The number of hydrogen-bond donors (Lipinski definition) is 0. The van der Waals surface area contributed by atoms with E-state index in [9.17, 15) is 0 Å². The van der Waals surface area contributed by atoms with Crippen molar-refractivity contribution in [3.63, 3.8) is 0 Å². The first-order valence-electron chi connectivity index (χ1n) is 38.1. The quantitative estimate of drug-likeness (QED) is 0.0320. The second-order valence-corrected chi connectivity index (χ2v) is 24.3. The molecule has 114 heavy (non-hydrogen) atoms. The molecule has 0 saturated heterocycles. The molecule has 0 aliphatic rings. The van der Waals surface area contributed by atoms with Gasteiger partial charge in [-0.05, 0) is 109 Å². The van der Waals surface area contributed by atoms with E-state index >= 15 is 0 Å². The van der Waals surface area contributed by atoms with E-state index in [1.165, 1.54) is 0 Å². The van der Waals surface area contributed by atoms with Crippen LogP contribution in [0, 0.1) is 0 Å². The van der Waals surface area contributed by atoms with Crippen molar-refractivity contribution in [3.8, 4) is 34.5 Å². The lowest BCUT2D eigenvalue weighted by Crippen LogP contribution is -2.12. The summed E-state index contributed by atoms with van der Waals surface area (Å²) in [6.07, 6.45) is 10.4. The summed E-state index contributed by atoms with van der Waals surface area (Å²) in [5, 5.41) is 3.75. The Bertz CT molecular complexity index is 3450. The minimum absolute atomic E-state index is 0.234. The Morgan fingerprint density at radius 3 is 0.412 bits per heavy atom. The molecule has 30 nitrogen and oxygen atoms in total. The molecule has 0 atom stereocenters. The van der Waals surface area contributed by atoms with Crippen LogP contribution < -0.4 is 28.4 Å². The topological polar surface area (TPSA) is 299 Å². The van der Waals surface area contributed by atoms with Crippen LogP contribution in [0.15, 0.2) is 146 Å². The molecule has 12 bridgehead atoms. The van der Waals surface area contributed by atoms with E-state index in [2.05, 4.69) is 0 Å². The molecule has 0 saturated carbocycles. The zero-order valence-corrected chi connectivity index (χ0v) is 66.8. The summed E-state index contributed by atoms with van der Waals surface area (Å²) in [5.41, 5.74) is 3.47. The van der Waals surface area contributed by atoms with Gasteiger partial charge in [0.2, 0.25) is 0 Å². The number of ether oxygens (including phenoxy) is 24. The van der Waals surface area contributed by atoms with Gasteiger partial charge in [-0.3, -0.25) is 29.9 Å². The first kappa shape index (κ1) is 92.6. The van der Waals surface area contributed by atoms with Gasteiger partial charge in [0.1, 0.15) is 74.1 Å². The van der Waals surface area contributed by atoms with Crippen LogP contribution in [0.25, 0.3) is 65.4 Å². The van der Waals surface area contributed by atoms with Crippen LogP contribution in [0.4, 0.5) is 0 Å². The highest BCUT2D eigenvalue weighted by Gasteiger charge is 2.09. The SMILES string of the molecule is COCCOCCOCCOc1ccc2cc1cnc1ccc(OCCOCCOCCOC)c(cnc3ccc(OCCOCCOCCOC)c(cnc4ccc(OCCOCCOCCOC)c(cnc5ccc(OCCOCCOCCOC)c(cnc6ccc(OCCOCCOCCOC)c(cn2)c6)c5)c4)c3)c1. The van der Waals surface area contributed by atoms with Crippen LogP contribution in [0.2, 0.25) is 0 Å². The van der Waals surface area contributed by atoms with Gasteiger partial charge in [-0.15, -0.1) is 0 Å². The third-order valence-corrected chi connectivity index (χ3v) is 15.8. The molecular formula is C84H114N6O24. The van der Waals surface area contributed by atoms with Gasteiger partial charge in [0, 0.05) is 112 Å². The van der Waals surface area contributed by atoms with Crippen LogP contribution in [0.5, 0.6) is 34.5 Å². The Hall–Kier alpha value is -8.58. The maximum atomic E-state index is 6.40. The molecule has 0 radical (unpaired) electrons. The number of benzene rings is 6. The van der Waals surface area contributed by atoms with E-state index in [1.54, 1.807) is 79.8 Å². The maximum Gasteiger partial charge on any atom is 0.128 e. The van der Waals surface area contributed by atoms with Crippen LogP contribution in [-0.4, -0.2) is 310 Å². The van der Waals surface area contributed by atoms with Gasteiger partial charge in [-0.2, -0.15) is 0 Å². The van der Waals surface area contributed by atoms with Crippen molar-refractivity contribution in [2.75, 3.05) is 281 Å². The Kier molecular flexibility index (Phi) is 49.5. The van der Waals surface area contributed by atoms with E-state index in [-0.39, 0.29) is 39.6 Å². The lowest BCUT2D eigenvalue weighted by Gasteiger charge is -2.10. The fourth-order valence-corrected chi connectivity index (χ4v) is 10.0. The second-order valence-electron chi connectivity index (χ2n) is 24.3. The highest BCUT2D eigenvalue weighted by atomic mass is 16.6. The molecule has 0 unspecified atom stereocenters. The first-order chi connectivity index (χ1) is 56.4. The molecule has 7 aromatic rings. The van der Waals surface area contributed by atoms with E-state index in [1.807, 2.05) is 109 Å². The van der Waals surface area contributed by atoms with E-state index in [0.29, 0.717) is 298 Å². The third kappa shape index (κ3) is 39.6. The number of aromatic nitrogens is 6. The average molecular weight is 1590 g/mol. The highest BCUT2D eigenvalue weighted by molar-refractivity contribution is 5.78. The summed E-state index contributed by atoms with van der Waals surface area (Å²) in [4.78, 5) is 30.2. The molecule has 0 spiro atoms. The zero-order chi connectivity index (χ0) is 80.0. The van der Waals surface area contributed by atoms with Crippen molar-refractivity contribution in [2.24, 2.45) is 0 Å². The average Bonchev–Trinajstić information content (AvgIpc) is 0.840. The molecule has 6 aromatic carbocycles. The monoisotopic (exact) mass is 1590 g/mol. The third-order valence-electron chi connectivity index (χ3n) is 15.8. The Balaban J connectivity index is 1.42. The zero-order valence-electron chi connectivity index (χ0n) is 66.8. The lowest BCUT2D eigenvalue weighted by atomic mass is 10.2. The first-order valence-corrected chi connectivity index (χ1v) is 38.1. The molecule has 30 heteroatoms. The van der Waals surface area contributed by atoms with Crippen molar-refractivity contribution in [2.45, 2.75) is 0 Å². The van der Waals surface area contributed by atoms with Gasteiger partial charge in [-0.1, -0.05) is 0 Å². The van der Waals surface area contributed by atoms with E-state index in [0.717, 1.165) is 0 Å². The molecule has 0 aliphatic heterocycles. The molecule has 1 aromatic heterocycles. The predicted molar refractivity (Wildman–Crippen MR) is 432 cm³/mol. The predicted octanol–water partition coefficient (Wildman–Crippen LogP) is 10.4. The maximum absolute atomic E-state index is 6.40. The van der Waals surface area contributed by atoms with Gasteiger partial charge in [0.15, 0.2) is 0 Å². The smallest absolute Gasteiger partial charge is 0.128 e. The van der Waals surface area contributed by atoms with Gasteiger partial charge in [0.05, 0.1) is 231 Å². The molecule has 0 N–H and O–H groups in total. The molecule has 0 fully saturated rings. The molecule has 7 rings (SSSR count). The van der Waals surface area contributed by atoms with Gasteiger partial charge in [0.25, 0.3) is 0 Å². The number of nitrogens with zero attached hydrogens (tertiary/aromatic N) is 6. The second kappa shape index (κ2) is 60.9. The molecule has 0 aliphatic carbocycles. The number of fused-ring (bicyclic) bond motifs is 12. The summed E-state index contributed by atoms with van der Waals surface area (Å²) >= 11 is 0. The van der Waals surface area contributed by atoms with Crippen LogP contribution in [0.1, 0.15) is 0 Å². The van der Waals surface area contributed by atoms with Crippen molar-refractivity contribution in [1.82, 2.24) is 29.9 Å². The van der Waals surface area contributed by atoms with Crippen molar-refractivity contribution in [3.05, 3.63) is 146 Å². The largest absolute Gasteiger partial charge is 0.491 e. The summed E-state index contributed by atoms with van der Waals surface area (Å²) < 4.78 is 138. The van der Waals surface area contributed by atoms with Crippen molar-refractivity contribution >= 4 is 65.4 Å². The normalized spacial score (nSPS) is 11.2. The number of rotatable bonds is 60. The summed E-state index contributed by atoms with van der Waals surface area (Å²) in [7, 11) is 9.79. The van der Waals surface area contributed by atoms with Gasteiger partial charge >= 0.3 is 0 Å². The molecular weight excluding hydrogens is 1480 g/mol. The van der Waals surface area contributed by atoms with Gasteiger partial charge in [-0.25, -0.2) is 0 Å². The lowest BCUT2D eigenvalue weighted by molar-refractivity contribution is 0.0180. The number of methoxy groups -OCH3 is 6. The molecule has 624 valence electrons. The van der Waals surface area contributed by atoms with Crippen LogP contribution >= 0.6 is 0 Å². The van der Waals surface area contributed by atoms with Crippen molar-refractivity contribution < 1.29 is 114 Å². The van der Waals surface area contributed by atoms with E-state index in [4.69, 9.17) is 144 Å². The fraction of sp³-hybridized carbons (Fsp3) is 0.500. The number of hydrogen-bond acceptors (Lipinski definition) is 30. The van der Waals surface area contributed by atoms with Gasteiger partial charge < -0.3 is 114 Å². The minimum Gasteiger partial charge on any atom is -0.491 e.